The molecule has 2 aliphatic rings. The van der Waals surface area contributed by atoms with Gasteiger partial charge in [-0.15, -0.1) is 24.0 Å². The Labute approximate surface area is 199 Å². The number of furan rings is 1. The van der Waals surface area contributed by atoms with E-state index >= 15 is 0 Å². The molecule has 30 heavy (non-hydrogen) atoms. The molecular weight excluding hydrogens is 493 g/mol. The Bertz CT molecular complexity index is 607. The summed E-state index contributed by atoms with van der Waals surface area (Å²) in [5.74, 6) is 1.92. The van der Waals surface area contributed by atoms with Crippen LogP contribution in [0.4, 0.5) is 0 Å². The van der Waals surface area contributed by atoms with Crippen molar-refractivity contribution in [2.75, 3.05) is 52.5 Å². The van der Waals surface area contributed by atoms with Crippen LogP contribution in [0, 0.1) is 0 Å². The zero-order valence-corrected chi connectivity index (χ0v) is 21.1. The number of hydrogen-bond donors (Lipinski definition) is 2. The molecule has 0 amide bonds. The van der Waals surface area contributed by atoms with Gasteiger partial charge in [0.2, 0.25) is 0 Å². The number of guanidine groups is 1. The van der Waals surface area contributed by atoms with Crippen LogP contribution >= 0.6 is 24.0 Å². The van der Waals surface area contributed by atoms with Crippen molar-refractivity contribution in [1.82, 2.24) is 20.4 Å². The summed E-state index contributed by atoms with van der Waals surface area (Å²) in [4.78, 5) is 9.92. The second-order valence-electron chi connectivity index (χ2n) is 8.24. The van der Waals surface area contributed by atoms with Crippen LogP contribution in [0.1, 0.15) is 51.8 Å². The van der Waals surface area contributed by atoms with Crippen molar-refractivity contribution in [3.05, 3.63) is 24.2 Å². The summed E-state index contributed by atoms with van der Waals surface area (Å²) in [5, 5.41) is 6.97. The van der Waals surface area contributed by atoms with Gasteiger partial charge in [0.05, 0.1) is 32.1 Å². The second-order valence-corrected chi connectivity index (χ2v) is 8.24. The SMILES string of the molecule is CCNC(=NCC(C)N1CCOCC1C)NCC(c1ccco1)N1CCCCC1.I. The minimum absolute atomic E-state index is 0. The van der Waals surface area contributed by atoms with E-state index in [0.717, 1.165) is 64.2 Å². The van der Waals surface area contributed by atoms with Crippen molar-refractivity contribution in [3.8, 4) is 0 Å². The number of halogens is 1. The van der Waals surface area contributed by atoms with Crippen LogP contribution in [0.25, 0.3) is 0 Å². The second kappa shape index (κ2) is 13.5. The smallest absolute Gasteiger partial charge is 0.191 e. The first-order chi connectivity index (χ1) is 14.2. The summed E-state index contributed by atoms with van der Waals surface area (Å²) in [6, 6.07) is 5.16. The molecule has 0 radical (unpaired) electrons. The van der Waals surface area contributed by atoms with Gasteiger partial charge in [0, 0.05) is 31.7 Å². The summed E-state index contributed by atoms with van der Waals surface area (Å²) >= 11 is 0. The Morgan fingerprint density at radius 2 is 2.03 bits per heavy atom. The van der Waals surface area contributed by atoms with Crippen molar-refractivity contribution in [1.29, 1.82) is 0 Å². The molecule has 3 unspecified atom stereocenters. The lowest BCUT2D eigenvalue weighted by molar-refractivity contribution is -0.0165. The van der Waals surface area contributed by atoms with Crippen LogP contribution in [-0.2, 0) is 4.74 Å². The van der Waals surface area contributed by atoms with Crippen LogP contribution in [0.15, 0.2) is 27.8 Å². The minimum atomic E-state index is 0. The Hall–Kier alpha value is -0.840. The molecule has 3 heterocycles. The van der Waals surface area contributed by atoms with Crippen molar-refractivity contribution in [2.45, 2.75) is 58.2 Å². The topological polar surface area (TPSA) is 65.3 Å². The first kappa shape index (κ1) is 25.4. The Morgan fingerprint density at radius 3 is 2.70 bits per heavy atom. The molecule has 2 saturated heterocycles. The molecule has 3 atom stereocenters. The predicted octanol–water partition coefficient (Wildman–Crippen LogP) is 3.09. The molecule has 7 nitrogen and oxygen atoms in total. The standard InChI is InChI=1S/C22H39N5O2.HI/c1-4-23-22(24-15-18(2)27-12-14-28-17-19(27)3)25-16-20(21-9-8-13-29-21)26-10-6-5-7-11-26;/h8-9,13,18-20H,4-7,10-12,14-17H2,1-3H3,(H2,23,24,25);1H. The number of piperidine rings is 1. The van der Waals surface area contributed by atoms with E-state index in [2.05, 4.69) is 47.3 Å². The van der Waals surface area contributed by atoms with Gasteiger partial charge in [-0.3, -0.25) is 14.8 Å². The lowest BCUT2D eigenvalue weighted by Gasteiger charge is -2.37. The largest absolute Gasteiger partial charge is 0.468 e. The number of morpholine rings is 1. The lowest BCUT2D eigenvalue weighted by atomic mass is 10.1. The Morgan fingerprint density at radius 1 is 1.23 bits per heavy atom. The lowest BCUT2D eigenvalue weighted by Crippen LogP contribution is -2.50. The quantitative estimate of drug-likeness (QED) is 0.304. The highest BCUT2D eigenvalue weighted by atomic mass is 127. The number of aliphatic imine (C=N–C) groups is 1. The highest BCUT2D eigenvalue weighted by Gasteiger charge is 2.25. The molecule has 0 saturated carbocycles. The summed E-state index contributed by atoms with van der Waals surface area (Å²) in [7, 11) is 0. The molecule has 0 aliphatic carbocycles. The van der Waals surface area contributed by atoms with Crippen LogP contribution in [-0.4, -0.2) is 80.3 Å². The van der Waals surface area contributed by atoms with Crippen molar-refractivity contribution >= 4 is 29.9 Å². The average molecular weight is 533 g/mol. The van der Waals surface area contributed by atoms with Gasteiger partial charge in [-0.05, 0) is 58.8 Å². The van der Waals surface area contributed by atoms with Crippen LogP contribution in [0.5, 0.6) is 0 Å². The van der Waals surface area contributed by atoms with Crippen molar-refractivity contribution < 1.29 is 9.15 Å². The fourth-order valence-electron chi connectivity index (χ4n) is 4.38. The average Bonchev–Trinajstić information content (AvgIpc) is 3.27. The molecule has 1 aromatic heterocycles. The fourth-order valence-corrected chi connectivity index (χ4v) is 4.38. The minimum Gasteiger partial charge on any atom is -0.468 e. The van der Waals surface area contributed by atoms with Gasteiger partial charge in [0.25, 0.3) is 0 Å². The number of rotatable bonds is 8. The molecule has 0 aromatic carbocycles. The molecule has 2 N–H and O–H groups in total. The normalized spacial score (nSPS) is 23.4. The van der Waals surface area contributed by atoms with E-state index in [0.29, 0.717) is 12.1 Å². The van der Waals surface area contributed by atoms with Crippen LogP contribution < -0.4 is 10.6 Å². The Balaban J connectivity index is 0.00000320. The summed E-state index contributed by atoms with van der Waals surface area (Å²) < 4.78 is 11.3. The van der Waals surface area contributed by atoms with Crippen LogP contribution in [0.3, 0.4) is 0 Å². The monoisotopic (exact) mass is 533 g/mol. The third kappa shape index (κ3) is 7.39. The molecule has 8 heteroatoms. The van der Waals surface area contributed by atoms with E-state index in [1.807, 2.05) is 6.07 Å². The first-order valence-electron chi connectivity index (χ1n) is 11.3. The summed E-state index contributed by atoms with van der Waals surface area (Å²) in [6.45, 7) is 13.9. The molecule has 2 aliphatic heterocycles. The molecule has 2 fully saturated rings. The van der Waals surface area contributed by atoms with E-state index in [1.165, 1.54) is 19.3 Å². The van der Waals surface area contributed by atoms with Gasteiger partial charge in [-0.1, -0.05) is 6.42 Å². The predicted molar refractivity (Wildman–Crippen MR) is 133 cm³/mol. The third-order valence-corrected chi connectivity index (χ3v) is 6.01. The molecule has 172 valence electrons. The molecule has 3 rings (SSSR count). The summed E-state index contributed by atoms with van der Waals surface area (Å²) in [5.41, 5.74) is 0. The maximum Gasteiger partial charge on any atom is 0.191 e. The van der Waals surface area contributed by atoms with E-state index in [9.17, 15) is 0 Å². The highest BCUT2D eigenvalue weighted by Crippen LogP contribution is 2.24. The zero-order valence-electron chi connectivity index (χ0n) is 18.8. The molecular formula is C22H40IN5O2. The zero-order chi connectivity index (χ0) is 20.5. The highest BCUT2D eigenvalue weighted by molar-refractivity contribution is 14.0. The van der Waals surface area contributed by atoms with Gasteiger partial charge < -0.3 is 19.8 Å². The molecule has 0 bridgehead atoms. The number of ether oxygens (including phenoxy) is 1. The van der Waals surface area contributed by atoms with E-state index in [1.54, 1.807) is 6.26 Å². The Kier molecular flexibility index (Phi) is 11.5. The first-order valence-corrected chi connectivity index (χ1v) is 11.3. The van der Waals surface area contributed by atoms with E-state index in [4.69, 9.17) is 14.1 Å². The molecule has 0 spiro atoms. The molecule has 1 aromatic rings. The third-order valence-electron chi connectivity index (χ3n) is 6.01. The van der Waals surface area contributed by atoms with Gasteiger partial charge in [-0.25, -0.2) is 0 Å². The maximum atomic E-state index is 5.77. The summed E-state index contributed by atoms with van der Waals surface area (Å²) in [6.07, 6.45) is 5.63. The number of nitrogens with zero attached hydrogens (tertiary/aromatic N) is 3. The van der Waals surface area contributed by atoms with Gasteiger partial charge in [0.1, 0.15) is 5.76 Å². The van der Waals surface area contributed by atoms with E-state index < -0.39 is 0 Å². The van der Waals surface area contributed by atoms with Gasteiger partial charge in [0.15, 0.2) is 5.96 Å². The maximum absolute atomic E-state index is 5.77. The van der Waals surface area contributed by atoms with Gasteiger partial charge >= 0.3 is 0 Å². The number of likely N-dealkylation sites (tertiary alicyclic amines) is 1. The van der Waals surface area contributed by atoms with Gasteiger partial charge in [-0.2, -0.15) is 0 Å². The van der Waals surface area contributed by atoms with E-state index in [-0.39, 0.29) is 30.0 Å². The number of nitrogens with one attached hydrogen (secondary N) is 2. The number of hydrogen-bond acceptors (Lipinski definition) is 5. The fraction of sp³-hybridized carbons (Fsp3) is 0.773. The van der Waals surface area contributed by atoms with Crippen molar-refractivity contribution in [2.24, 2.45) is 4.99 Å². The van der Waals surface area contributed by atoms with Crippen LogP contribution in [0.2, 0.25) is 0 Å². The van der Waals surface area contributed by atoms with Crippen molar-refractivity contribution in [3.63, 3.8) is 0 Å².